The highest BCUT2D eigenvalue weighted by Gasteiger charge is 2.24. The van der Waals surface area contributed by atoms with Crippen molar-refractivity contribution in [2.24, 2.45) is 5.92 Å². The summed E-state index contributed by atoms with van der Waals surface area (Å²) < 4.78 is 0. The molecular formula is C13H21NOS. The maximum Gasteiger partial charge on any atom is 0.263 e. The Bertz CT molecular complexity index is 345. The van der Waals surface area contributed by atoms with Crippen molar-refractivity contribution in [3.63, 3.8) is 0 Å². The highest BCUT2D eigenvalue weighted by atomic mass is 32.1. The number of hydrogen-bond acceptors (Lipinski definition) is 2. The lowest BCUT2D eigenvalue weighted by Crippen LogP contribution is -2.27. The lowest BCUT2D eigenvalue weighted by molar-refractivity contribution is 0.0793. The molecule has 3 heteroatoms. The molecule has 1 unspecified atom stereocenters. The van der Waals surface area contributed by atoms with Gasteiger partial charge in [-0.3, -0.25) is 4.79 Å². The van der Waals surface area contributed by atoms with Crippen LogP contribution in [0.15, 0.2) is 12.1 Å². The van der Waals surface area contributed by atoms with E-state index in [0.717, 1.165) is 24.4 Å². The summed E-state index contributed by atoms with van der Waals surface area (Å²) >= 11 is 1.59. The molecule has 90 valence electrons. The fourth-order valence-electron chi connectivity index (χ4n) is 1.82. The zero-order valence-electron chi connectivity index (χ0n) is 10.6. The summed E-state index contributed by atoms with van der Waals surface area (Å²) in [6.07, 6.45) is 1.15. The van der Waals surface area contributed by atoms with Gasteiger partial charge in [-0.1, -0.05) is 20.8 Å². The summed E-state index contributed by atoms with van der Waals surface area (Å²) in [7, 11) is 0. The number of thiophene rings is 1. The van der Waals surface area contributed by atoms with Crippen LogP contribution in [0, 0.1) is 12.8 Å². The third-order valence-corrected chi connectivity index (χ3v) is 3.65. The molecule has 1 aliphatic rings. The highest BCUT2D eigenvalue weighted by molar-refractivity contribution is 7.13. The second kappa shape index (κ2) is 6.04. The summed E-state index contributed by atoms with van der Waals surface area (Å²) in [5.74, 6) is 0.882. The molecule has 1 aliphatic heterocycles. The average Bonchev–Trinajstić information content (AvgIpc) is 2.89. The first-order valence-electron chi connectivity index (χ1n) is 6.02. The van der Waals surface area contributed by atoms with E-state index in [1.807, 2.05) is 37.8 Å². The lowest BCUT2D eigenvalue weighted by Gasteiger charge is -2.14. The predicted octanol–water partition coefficient (Wildman–Crippen LogP) is 3.56. The molecule has 0 spiro atoms. The molecule has 0 bridgehead atoms. The van der Waals surface area contributed by atoms with Crippen LogP contribution in [0.3, 0.4) is 0 Å². The number of likely N-dealkylation sites (tertiary alicyclic amines) is 1. The van der Waals surface area contributed by atoms with Gasteiger partial charge in [0.05, 0.1) is 4.88 Å². The molecule has 0 aromatic carbocycles. The quantitative estimate of drug-likeness (QED) is 0.733. The van der Waals surface area contributed by atoms with Crippen molar-refractivity contribution in [2.75, 3.05) is 13.1 Å². The molecule has 2 heterocycles. The van der Waals surface area contributed by atoms with Crippen LogP contribution >= 0.6 is 11.3 Å². The van der Waals surface area contributed by atoms with Crippen molar-refractivity contribution in [3.8, 4) is 0 Å². The molecular weight excluding hydrogens is 218 g/mol. The van der Waals surface area contributed by atoms with Crippen LogP contribution in [-0.2, 0) is 0 Å². The standard InChI is InChI=1S/C11H15NOS.C2H6/c1-8-5-6-12(7-8)11(13)10-4-3-9(2)14-10;1-2/h3-4,8H,5-7H2,1-2H3;1-2H3. The van der Waals surface area contributed by atoms with Crippen LogP contribution in [0.2, 0.25) is 0 Å². The maximum atomic E-state index is 11.9. The minimum absolute atomic E-state index is 0.215. The number of nitrogens with zero attached hydrogens (tertiary/aromatic N) is 1. The SMILES string of the molecule is CC.Cc1ccc(C(=O)N2CCC(C)C2)s1. The van der Waals surface area contributed by atoms with E-state index in [-0.39, 0.29) is 5.91 Å². The molecule has 2 rings (SSSR count). The van der Waals surface area contributed by atoms with Gasteiger partial charge in [-0.25, -0.2) is 0 Å². The van der Waals surface area contributed by atoms with E-state index in [9.17, 15) is 4.79 Å². The van der Waals surface area contributed by atoms with Crippen molar-refractivity contribution in [3.05, 3.63) is 21.9 Å². The Kier molecular flexibility index (Phi) is 5.00. The molecule has 1 aromatic heterocycles. The number of rotatable bonds is 1. The first-order chi connectivity index (χ1) is 7.66. The number of aryl methyl sites for hydroxylation is 1. The van der Waals surface area contributed by atoms with Gasteiger partial charge in [0, 0.05) is 18.0 Å². The molecule has 0 saturated carbocycles. The summed E-state index contributed by atoms with van der Waals surface area (Å²) in [6, 6.07) is 3.95. The number of amides is 1. The van der Waals surface area contributed by atoms with Crippen molar-refractivity contribution in [1.82, 2.24) is 4.90 Å². The van der Waals surface area contributed by atoms with Crippen molar-refractivity contribution >= 4 is 17.2 Å². The van der Waals surface area contributed by atoms with Gasteiger partial charge in [0.15, 0.2) is 0 Å². The first kappa shape index (κ1) is 13.2. The Hall–Kier alpha value is -0.830. The molecule has 1 aromatic rings. The van der Waals surface area contributed by atoms with Crippen molar-refractivity contribution < 1.29 is 4.79 Å². The van der Waals surface area contributed by atoms with Crippen LogP contribution in [0.5, 0.6) is 0 Å². The predicted molar refractivity (Wildman–Crippen MR) is 70.1 cm³/mol. The molecule has 16 heavy (non-hydrogen) atoms. The van der Waals surface area contributed by atoms with Crippen LogP contribution in [0.1, 0.15) is 41.7 Å². The molecule has 1 fully saturated rings. The van der Waals surface area contributed by atoms with E-state index in [0.29, 0.717) is 5.92 Å². The summed E-state index contributed by atoms with van der Waals surface area (Å²) in [6.45, 7) is 10.1. The Labute approximate surface area is 102 Å². The number of hydrogen-bond donors (Lipinski definition) is 0. The van der Waals surface area contributed by atoms with Gasteiger partial charge in [-0.15, -0.1) is 11.3 Å². The smallest absolute Gasteiger partial charge is 0.263 e. The highest BCUT2D eigenvalue weighted by Crippen LogP contribution is 2.21. The van der Waals surface area contributed by atoms with Crippen LogP contribution in [0.25, 0.3) is 0 Å². The monoisotopic (exact) mass is 239 g/mol. The molecule has 0 radical (unpaired) electrons. The second-order valence-electron chi connectivity index (χ2n) is 4.06. The lowest BCUT2D eigenvalue weighted by atomic mass is 10.2. The minimum Gasteiger partial charge on any atom is -0.338 e. The Morgan fingerprint density at radius 2 is 2.12 bits per heavy atom. The fourth-order valence-corrected chi connectivity index (χ4v) is 2.66. The van der Waals surface area contributed by atoms with Crippen molar-refractivity contribution in [1.29, 1.82) is 0 Å². The van der Waals surface area contributed by atoms with Crippen LogP contribution in [-0.4, -0.2) is 23.9 Å². The zero-order valence-corrected chi connectivity index (χ0v) is 11.4. The molecule has 1 amide bonds. The Morgan fingerprint density at radius 3 is 2.56 bits per heavy atom. The van der Waals surface area contributed by atoms with Gasteiger partial charge in [0.2, 0.25) is 0 Å². The maximum absolute atomic E-state index is 11.9. The van der Waals surface area contributed by atoms with E-state index in [2.05, 4.69) is 6.92 Å². The van der Waals surface area contributed by atoms with E-state index in [1.54, 1.807) is 11.3 Å². The summed E-state index contributed by atoms with van der Waals surface area (Å²) in [4.78, 5) is 16.0. The van der Waals surface area contributed by atoms with E-state index in [4.69, 9.17) is 0 Å². The van der Waals surface area contributed by atoms with Gasteiger partial charge in [-0.05, 0) is 31.4 Å². The summed E-state index contributed by atoms with van der Waals surface area (Å²) in [5.41, 5.74) is 0. The number of carbonyl (C=O) groups is 1. The molecule has 0 N–H and O–H groups in total. The molecule has 1 atom stereocenters. The van der Waals surface area contributed by atoms with Crippen molar-refractivity contribution in [2.45, 2.75) is 34.1 Å². The molecule has 1 saturated heterocycles. The largest absolute Gasteiger partial charge is 0.338 e. The van der Waals surface area contributed by atoms with E-state index >= 15 is 0 Å². The van der Waals surface area contributed by atoms with Gasteiger partial charge >= 0.3 is 0 Å². The van der Waals surface area contributed by atoms with Crippen LogP contribution in [0.4, 0.5) is 0 Å². The third kappa shape index (κ3) is 3.08. The number of carbonyl (C=O) groups excluding carboxylic acids is 1. The fraction of sp³-hybridized carbons (Fsp3) is 0.615. The first-order valence-corrected chi connectivity index (χ1v) is 6.84. The van der Waals surface area contributed by atoms with E-state index in [1.165, 1.54) is 4.88 Å². The van der Waals surface area contributed by atoms with Gasteiger partial charge < -0.3 is 4.90 Å². The third-order valence-electron chi connectivity index (χ3n) is 2.66. The van der Waals surface area contributed by atoms with Gasteiger partial charge in [-0.2, -0.15) is 0 Å². The van der Waals surface area contributed by atoms with Crippen LogP contribution < -0.4 is 0 Å². The molecule has 0 aliphatic carbocycles. The minimum atomic E-state index is 0.215. The van der Waals surface area contributed by atoms with Gasteiger partial charge in [0.1, 0.15) is 0 Å². The van der Waals surface area contributed by atoms with Gasteiger partial charge in [0.25, 0.3) is 5.91 Å². The average molecular weight is 239 g/mol. The molecule has 2 nitrogen and oxygen atoms in total. The summed E-state index contributed by atoms with van der Waals surface area (Å²) in [5, 5.41) is 0. The normalized spacial score (nSPS) is 19.2. The Morgan fingerprint density at radius 1 is 1.44 bits per heavy atom. The van der Waals surface area contributed by atoms with E-state index < -0.39 is 0 Å². The zero-order chi connectivity index (χ0) is 12.1. The second-order valence-corrected chi connectivity index (χ2v) is 5.34. The Balaban J connectivity index is 0.000000606. The topological polar surface area (TPSA) is 20.3 Å².